The summed E-state index contributed by atoms with van der Waals surface area (Å²) in [4.78, 5) is 38.1. The third kappa shape index (κ3) is 7.01. The van der Waals surface area contributed by atoms with E-state index in [1.807, 2.05) is 6.92 Å². The third-order valence-electron chi connectivity index (χ3n) is 5.41. The van der Waals surface area contributed by atoms with Crippen molar-refractivity contribution in [2.75, 3.05) is 26.9 Å². The summed E-state index contributed by atoms with van der Waals surface area (Å²) in [5, 5.41) is 12.4. The van der Waals surface area contributed by atoms with Gasteiger partial charge in [0, 0.05) is 19.8 Å². The van der Waals surface area contributed by atoms with E-state index in [0.29, 0.717) is 36.5 Å². The molecule has 3 aromatic rings. The maximum Gasteiger partial charge on any atom is 0.418 e. The molecule has 1 heterocycles. The van der Waals surface area contributed by atoms with Crippen molar-refractivity contribution < 1.29 is 32.2 Å². The zero-order valence-corrected chi connectivity index (χ0v) is 21.8. The van der Waals surface area contributed by atoms with Crippen LogP contribution < -0.4 is 20.1 Å². The number of para-hydroxylation sites is 1. The fourth-order valence-corrected chi connectivity index (χ4v) is 4.66. The van der Waals surface area contributed by atoms with Gasteiger partial charge in [-0.2, -0.15) is 18.4 Å². The van der Waals surface area contributed by atoms with E-state index in [1.54, 1.807) is 6.07 Å². The molecule has 0 saturated heterocycles. The van der Waals surface area contributed by atoms with E-state index >= 15 is 0 Å². The summed E-state index contributed by atoms with van der Waals surface area (Å²) >= 11 is 0.709. The Labute approximate surface area is 225 Å². The van der Waals surface area contributed by atoms with Crippen molar-refractivity contribution >= 4 is 34.9 Å². The predicted molar refractivity (Wildman–Crippen MR) is 139 cm³/mol. The first-order valence-electron chi connectivity index (χ1n) is 11.7. The van der Waals surface area contributed by atoms with Gasteiger partial charge in [-0.1, -0.05) is 24.3 Å². The molecule has 0 radical (unpaired) electrons. The Bertz CT molecular complexity index is 1570. The molecule has 1 amide bonds. The predicted octanol–water partition coefficient (Wildman–Crippen LogP) is 2.75. The summed E-state index contributed by atoms with van der Waals surface area (Å²) in [7, 11) is 1.23. The Morgan fingerprint density at radius 3 is 2.46 bits per heavy atom. The molecule has 39 heavy (non-hydrogen) atoms. The van der Waals surface area contributed by atoms with Crippen LogP contribution in [-0.4, -0.2) is 43.3 Å². The minimum absolute atomic E-state index is 0.0234. The second kappa shape index (κ2) is 13.0. The van der Waals surface area contributed by atoms with E-state index in [0.717, 1.165) is 16.7 Å². The number of halogens is 3. The van der Waals surface area contributed by atoms with Gasteiger partial charge in [-0.25, -0.2) is 4.79 Å². The van der Waals surface area contributed by atoms with Crippen LogP contribution in [0, 0.1) is 11.3 Å². The van der Waals surface area contributed by atoms with Crippen molar-refractivity contribution in [3.8, 4) is 11.8 Å². The first kappa shape index (κ1) is 29.3. The van der Waals surface area contributed by atoms with Gasteiger partial charge in [-0.15, -0.1) is 11.3 Å². The number of nitrogens with one attached hydrogen (secondary N) is 1. The number of benzene rings is 2. The molecule has 0 aliphatic rings. The lowest BCUT2D eigenvalue weighted by molar-refractivity contribution is -0.137. The summed E-state index contributed by atoms with van der Waals surface area (Å²) < 4.78 is 51.9. The highest BCUT2D eigenvalue weighted by Crippen LogP contribution is 2.32. The normalized spacial score (nSPS) is 12.6. The topological polar surface area (TPSA) is 110 Å². The maximum atomic E-state index is 13.9. The molecule has 0 saturated carbocycles. The number of nitrogens with zero attached hydrogens (tertiary/aromatic N) is 2. The van der Waals surface area contributed by atoms with Gasteiger partial charge >= 0.3 is 12.1 Å². The summed E-state index contributed by atoms with van der Waals surface area (Å²) in [6.45, 7) is 2.84. The van der Waals surface area contributed by atoms with Crippen LogP contribution in [0.3, 0.4) is 0 Å². The van der Waals surface area contributed by atoms with Crippen LogP contribution in [0.1, 0.15) is 34.8 Å². The molecule has 0 bridgehead atoms. The van der Waals surface area contributed by atoms with Gasteiger partial charge in [0.15, 0.2) is 5.57 Å². The number of hydrogen-bond acceptors (Lipinski definition) is 7. The van der Waals surface area contributed by atoms with Crippen molar-refractivity contribution in [3.63, 3.8) is 0 Å². The minimum Gasteiger partial charge on any atom is -0.465 e. The number of aromatic nitrogens is 1. The molecule has 0 aliphatic carbocycles. The van der Waals surface area contributed by atoms with Gasteiger partial charge in [0.2, 0.25) is 0 Å². The standard InChI is InChI=1S/C27H24F3N3O5S/c1-3-38-14-6-13-32-23(34)19(16-31)25-33(21-8-5-4-7-20(21)27(28,29)30)24(35)22(39-25)15-17-9-11-18(12-10-17)26(36)37-2/h4-5,7-12,15H,3,6,13-14H2,1-2H3,(H,32,34)/b22-15+,25-19-. The molecular formula is C27H24F3N3O5S. The molecule has 204 valence electrons. The number of rotatable bonds is 9. The van der Waals surface area contributed by atoms with E-state index < -0.39 is 40.4 Å². The Balaban J connectivity index is 2.24. The highest BCUT2D eigenvalue weighted by molar-refractivity contribution is 7.07. The number of carbonyl (C=O) groups excluding carboxylic acids is 2. The number of amides is 1. The van der Waals surface area contributed by atoms with E-state index in [2.05, 4.69) is 10.1 Å². The summed E-state index contributed by atoms with van der Waals surface area (Å²) in [5.41, 5.74) is -2.25. The molecule has 2 aromatic carbocycles. The molecule has 3 rings (SSSR count). The van der Waals surface area contributed by atoms with Crippen LogP contribution >= 0.6 is 11.3 Å². The number of methoxy groups -OCH3 is 1. The molecule has 0 unspecified atom stereocenters. The Morgan fingerprint density at radius 1 is 1.15 bits per heavy atom. The molecular weight excluding hydrogens is 535 g/mol. The summed E-state index contributed by atoms with van der Waals surface area (Å²) in [5.74, 6) is -1.39. The lowest BCUT2D eigenvalue weighted by atomic mass is 10.1. The van der Waals surface area contributed by atoms with Crippen molar-refractivity contribution in [2.24, 2.45) is 0 Å². The maximum absolute atomic E-state index is 13.9. The number of alkyl halides is 3. The Morgan fingerprint density at radius 2 is 1.85 bits per heavy atom. The number of hydrogen-bond donors (Lipinski definition) is 1. The lowest BCUT2D eigenvalue weighted by Gasteiger charge is -2.13. The zero-order valence-electron chi connectivity index (χ0n) is 21.0. The lowest BCUT2D eigenvalue weighted by Crippen LogP contribution is -2.35. The fourth-order valence-electron chi connectivity index (χ4n) is 3.57. The smallest absolute Gasteiger partial charge is 0.418 e. The van der Waals surface area contributed by atoms with Crippen LogP contribution in [0.5, 0.6) is 0 Å². The summed E-state index contributed by atoms with van der Waals surface area (Å²) in [6.07, 6.45) is -2.95. The largest absolute Gasteiger partial charge is 0.465 e. The first-order chi connectivity index (χ1) is 18.6. The van der Waals surface area contributed by atoms with Crippen molar-refractivity contribution in [1.82, 2.24) is 9.88 Å². The van der Waals surface area contributed by atoms with E-state index in [1.165, 1.54) is 49.6 Å². The first-order valence-corrected chi connectivity index (χ1v) is 12.5. The Kier molecular flexibility index (Phi) is 9.81. The number of ether oxygens (including phenoxy) is 2. The minimum atomic E-state index is -4.81. The van der Waals surface area contributed by atoms with Gasteiger partial charge in [0.05, 0.1) is 28.5 Å². The van der Waals surface area contributed by atoms with Crippen LogP contribution in [0.4, 0.5) is 13.2 Å². The van der Waals surface area contributed by atoms with E-state index in [4.69, 9.17) is 4.74 Å². The van der Waals surface area contributed by atoms with Crippen LogP contribution in [0.2, 0.25) is 0 Å². The molecule has 0 aliphatic heterocycles. The molecule has 0 atom stereocenters. The molecule has 1 aromatic heterocycles. The van der Waals surface area contributed by atoms with E-state index in [-0.39, 0.29) is 21.3 Å². The van der Waals surface area contributed by atoms with Gasteiger partial charge in [0.25, 0.3) is 11.5 Å². The number of thiazole rings is 1. The highest BCUT2D eigenvalue weighted by Gasteiger charge is 2.34. The van der Waals surface area contributed by atoms with Crippen molar-refractivity contribution in [3.05, 3.63) is 84.8 Å². The zero-order chi connectivity index (χ0) is 28.6. The summed E-state index contributed by atoms with van der Waals surface area (Å²) in [6, 6.07) is 12.2. The molecule has 0 fully saturated rings. The monoisotopic (exact) mass is 559 g/mol. The quantitative estimate of drug-likeness (QED) is 0.319. The number of nitriles is 1. The average Bonchev–Trinajstić information content (AvgIpc) is 3.23. The fraction of sp³-hybridized carbons (Fsp3) is 0.259. The average molecular weight is 560 g/mol. The van der Waals surface area contributed by atoms with Crippen molar-refractivity contribution in [1.29, 1.82) is 5.26 Å². The SMILES string of the molecule is CCOCCCNC(=O)/C(C#N)=c1\s/c(=C/c2ccc(C(=O)OC)cc2)c(=O)n1-c1ccccc1C(F)(F)F. The van der Waals surface area contributed by atoms with E-state index in [9.17, 15) is 32.8 Å². The van der Waals surface area contributed by atoms with Crippen molar-refractivity contribution in [2.45, 2.75) is 19.5 Å². The molecule has 12 heteroatoms. The Hall–Kier alpha value is -4.21. The van der Waals surface area contributed by atoms with Gasteiger partial charge in [0.1, 0.15) is 10.7 Å². The van der Waals surface area contributed by atoms with Crippen LogP contribution in [0.25, 0.3) is 17.3 Å². The van der Waals surface area contributed by atoms with Gasteiger partial charge < -0.3 is 14.8 Å². The van der Waals surface area contributed by atoms with Gasteiger partial charge in [-0.3, -0.25) is 14.2 Å². The number of esters is 1. The molecule has 8 nitrogen and oxygen atoms in total. The molecule has 1 N–H and O–H groups in total. The van der Waals surface area contributed by atoms with Gasteiger partial charge in [-0.05, 0) is 49.2 Å². The molecule has 0 spiro atoms. The highest BCUT2D eigenvalue weighted by atomic mass is 32.1. The second-order valence-electron chi connectivity index (χ2n) is 7.98. The van der Waals surface area contributed by atoms with Crippen LogP contribution in [0.15, 0.2) is 53.3 Å². The third-order valence-corrected chi connectivity index (χ3v) is 6.50. The van der Waals surface area contributed by atoms with Crippen LogP contribution in [-0.2, 0) is 20.4 Å². The second-order valence-corrected chi connectivity index (χ2v) is 9.01. The number of carbonyl (C=O) groups is 2.